The first-order valence-electron chi connectivity index (χ1n) is 6.76. The Morgan fingerprint density at radius 2 is 2.17 bits per heavy atom. The number of nitriles is 1. The van der Waals surface area contributed by atoms with E-state index in [1.165, 1.54) is 0 Å². The summed E-state index contributed by atoms with van der Waals surface area (Å²) in [6, 6.07) is 2.31. The van der Waals surface area contributed by atoms with Crippen molar-refractivity contribution >= 4 is 5.91 Å². The Balaban J connectivity index is 2.43. The van der Waals surface area contributed by atoms with Gasteiger partial charge in [0.25, 0.3) is 0 Å². The van der Waals surface area contributed by atoms with Crippen LogP contribution in [0.15, 0.2) is 0 Å². The topological polar surface area (TPSA) is 62.1 Å². The third kappa shape index (κ3) is 4.30. The summed E-state index contributed by atoms with van der Waals surface area (Å²) in [7, 11) is 1.64. The van der Waals surface area contributed by atoms with Crippen molar-refractivity contribution < 1.29 is 9.53 Å². The van der Waals surface area contributed by atoms with E-state index in [1.54, 1.807) is 7.11 Å². The molecule has 1 saturated carbocycles. The lowest BCUT2D eigenvalue weighted by molar-refractivity contribution is -0.123. The normalized spacial score (nSPS) is 29.3. The predicted molar refractivity (Wildman–Crippen MR) is 69.8 cm³/mol. The second-order valence-electron chi connectivity index (χ2n) is 5.51. The Morgan fingerprint density at radius 1 is 1.56 bits per heavy atom. The SMILES string of the molecule is COC(C)CCC(=O)NC1(C#N)CCC(C)CC1. The maximum absolute atomic E-state index is 11.9. The van der Waals surface area contributed by atoms with Crippen LogP contribution in [0.25, 0.3) is 0 Å². The van der Waals surface area contributed by atoms with Crippen molar-refractivity contribution in [1.29, 1.82) is 5.26 Å². The fourth-order valence-corrected chi connectivity index (χ4v) is 2.30. The van der Waals surface area contributed by atoms with E-state index in [1.807, 2.05) is 6.92 Å². The van der Waals surface area contributed by atoms with Crippen molar-refractivity contribution in [2.75, 3.05) is 7.11 Å². The summed E-state index contributed by atoms with van der Waals surface area (Å²) in [5.74, 6) is 0.631. The summed E-state index contributed by atoms with van der Waals surface area (Å²) in [6.07, 6.45) is 4.78. The van der Waals surface area contributed by atoms with Gasteiger partial charge in [0, 0.05) is 13.5 Å². The molecule has 0 aromatic rings. The summed E-state index contributed by atoms with van der Waals surface area (Å²) in [5.41, 5.74) is -0.625. The fourth-order valence-electron chi connectivity index (χ4n) is 2.30. The Hall–Kier alpha value is -1.08. The third-order valence-corrected chi connectivity index (χ3v) is 3.90. The van der Waals surface area contributed by atoms with Crippen LogP contribution in [-0.4, -0.2) is 24.7 Å². The molecule has 1 aliphatic rings. The monoisotopic (exact) mass is 252 g/mol. The van der Waals surface area contributed by atoms with Gasteiger partial charge >= 0.3 is 0 Å². The van der Waals surface area contributed by atoms with Crippen LogP contribution in [0.4, 0.5) is 0 Å². The van der Waals surface area contributed by atoms with E-state index in [0.29, 0.717) is 18.8 Å². The van der Waals surface area contributed by atoms with Crippen molar-refractivity contribution in [2.45, 2.75) is 64.0 Å². The van der Waals surface area contributed by atoms with Gasteiger partial charge in [0.05, 0.1) is 12.2 Å². The van der Waals surface area contributed by atoms with Crippen LogP contribution >= 0.6 is 0 Å². The molecule has 1 rings (SSSR count). The Labute approximate surface area is 110 Å². The molecule has 1 aliphatic carbocycles. The number of hydrogen-bond donors (Lipinski definition) is 1. The maximum Gasteiger partial charge on any atom is 0.221 e. The van der Waals surface area contributed by atoms with E-state index >= 15 is 0 Å². The van der Waals surface area contributed by atoms with Crippen molar-refractivity contribution in [3.8, 4) is 6.07 Å². The standard InChI is InChI=1S/C14H24N2O2/c1-11-6-8-14(10-15,9-7-11)16-13(17)5-4-12(2)18-3/h11-12H,4-9H2,1-3H3,(H,16,17). The predicted octanol–water partition coefficient (Wildman–Crippen LogP) is 2.39. The Morgan fingerprint density at radius 3 is 2.67 bits per heavy atom. The lowest BCUT2D eigenvalue weighted by atomic mass is 9.78. The van der Waals surface area contributed by atoms with Gasteiger partial charge in [-0.15, -0.1) is 0 Å². The molecule has 0 aliphatic heterocycles. The van der Waals surface area contributed by atoms with Crippen LogP contribution in [0.5, 0.6) is 0 Å². The lowest BCUT2D eigenvalue weighted by Crippen LogP contribution is -2.49. The number of methoxy groups -OCH3 is 1. The minimum absolute atomic E-state index is 0.0324. The van der Waals surface area contributed by atoms with Crippen molar-refractivity contribution in [3.63, 3.8) is 0 Å². The van der Waals surface area contributed by atoms with Gasteiger partial charge in [-0.05, 0) is 44.9 Å². The van der Waals surface area contributed by atoms with Crippen LogP contribution in [-0.2, 0) is 9.53 Å². The van der Waals surface area contributed by atoms with Crippen LogP contribution < -0.4 is 5.32 Å². The number of carbonyl (C=O) groups excluding carboxylic acids is 1. The number of ether oxygens (including phenoxy) is 1. The molecule has 1 unspecified atom stereocenters. The van der Waals surface area contributed by atoms with Gasteiger partial charge in [-0.2, -0.15) is 5.26 Å². The molecule has 1 amide bonds. The summed E-state index contributed by atoms with van der Waals surface area (Å²) >= 11 is 0. The van der Waals surface area contributed by atoms with Gasteiger partial charge < -0.3 is 10.1 Å². The second kappa shape index (κ2) is 6.75. The maximum atomic E-state index is 11.9. The van der Waals surface area contributed by atoms with Gasteiger partial charge in [0.2, 0.25) is 5.91 Å². The highest BCUT2D eigenvalue weighted by Crippen LogP contribution is 2.31. The molecule has 0 radical (unpaired) electrons. The summed E-state index contributed by atoms with van der Waals surface area (Å²) in [5, 5.41) is 12.2. The van der Waals surface area contributed by atoms with E-state index in [9.17, 15) is 10.1 Å². The molecular formula is C14H24N2O2. The first-order chi connectivity index (χ1) is 8.51. The molecule has 1 fully saturated rings. The molecule has 0 aromatic heterocycles. The second-order valence-corrected chi connectivity index (χ2v) is 5.51. The van der Waals surface area contributed by atoms with Crippen LogP contribution in [0.2, 0.25) is 0 Å². The van der Waals surface area contributed by atoms with Crippen molar-refractivity contribution in [2.24, 2.45) is 5.92 Å². The average molecular weight is 252 g/mol. The largest absolute Gasteiger partial charge is 0.382 e. The minimum Gasteiger partial charge on any atom is -0.382 e. The quantitative estimate of drug-likeness (QED) is 0.817. The fraction of sp³-hybridized carbons (Fsp3) is 0.857. The van der Waals surface area contributed by atoms with Gasteiger partial charge in [0.1, 0.15) is 5.54 Å². The first-order valence-corrected chi connectivity index (χ1v) is 6.76. The molecule has 0 spiro atoms. The highest BCUT2D eigenvalue weighted by Gasteiger charge is 2.35. The van der Waals surface area contributed by atoms with Crippen LogP contribution in [0, 0.1) is 17.2 Å². The number of nitrogens with one attached hydrogen (secondary N) is 1. The van der Waals surface area contributed by atoms with Crippen LogP contribution in [0.3, 0.4) is 0 Å². The molecule has 1 N–H and O–H groups in total. The molecular weight excluding hydrogens is 228 g/mol. The Kier molecular flexibility index (Phi) is 5.61. The minimum atomic E-state index is -0.625. The van der Waals surface area contributed by atoms with Gasteiger partial charge in [-0.1, -0.05) is 6.92 Å². The smallest absolute Gasteiger partial charge is 0.221 e. The zero-order valence-corrected chi connectivity index (χ0v) is 11.7. The van der Waals surface area contributed by atoms with E-state index in [4.69, 9.17) is 4.74 Å². The number of amides is 1. The third-order valence-electron chi connectivity index (χ3n) is 3.90. The molecule has 0 bridgehead atoms. The highest BCUT2D eigenvalue weighted by atomic mass is 16.5. The molecule has 4 heteroatoms. The lowest BCUT2D eigenvalue weighted by Gasteiger charge is -2.34. The van der Waals surface area contributed by atoms with Crippen molar-refractivity contribution in [1.82, 2.24) is 5.32 Å². The molecule has 1 atom stereocenters. The summed E-state index contributed by atoms with van der Waals surface area (Å²) in [4.78, 5) is 11.9. The van der Waals surface area contributed by atoms with Gasteiger partial charge in [-0.25, -0.2) is 0 Å². The summed E-state index contributed by atoms with van der Waals surface area (Å²) < 4.78 is 5.11. The van der Waals surface area contributed by atoms with E-state index < -0.39 is 5.54 Å². The van der Waals surface area contributed by atoms with E-state index in [-0.39, 0.29) is 12.0 Å². The molecule has 18 heavy (non-hydrogen) atoms. The molecule has 0 aromatic carbocycles. The molecule has 0 heterocycles. The van der Waals surface area contributed by atoms with Crippen molar-refractivity contribution in [3.05, 3.63) is 0 Å². The number of carbonyl (C=O) groups is 1. The van der Waals surface area contributed by atoms with Gasteiger partial charge in [0.15, 0.2) is 0 Å². The Bertz CT molecular complexity index is 314. The number of hydrogen-bond acceptors (Lipinski definition) is 3. The number of rotatable bonds is 5. The molecule has 0 saturated heterocycles. The van der Waals surface area contributed by atoms with Crippen LogP contribution in [0.1, 0.15) is 52.4 Å². The van der Waals surface area contributed by atoms with Gasteiger partial charge in [-0.3, -0.25) is 4.79 Å². The van der Waals surface area contributed by atoms with E-state index in [2.05, 4.69) is 18.3 Å². The first kappa shape index (κ1) is 15.0. The zero-order chi connectivity index (χ0) is 13.6. The zero-order valence-electron chi connectivity index (χ0n) is 11.7. The average Bonchev–Trinajstić information content (AvgIpc) is 2.39. The molecule has 4 nitrogen and oxygen atoms in total. The number of nitrogens with zero attached hydrogens (tertiary/aromatic N) is 1. The highest BCUT2D eigenvalue weighted by molar-refractivity contribution is 5.77. The summed E-state index contributed by atoms with van der Waals surface area (Å²) in [6.45, 7) is 4.14. The molecule has 102 valence electrons. The van der Waals surface area contributed by atoms with E-state index in [0.717, 1.165) is 25.7 Å².